The standard InChI is InChI=1S/C14H25N3/c1-3-9-16(10-4-1)13-7-15-8-14-17-11-5-2-6-12-17/h1,3-4,9,15H,2,5-8,10-14H2. The Morgan fingerprint density at radius 1 is 0.941 bits per heavy atom. The molecule has 0 unspecified atom stereocenters. The molecule has 0 aromatic rings. The summed E-state index contributed by atoms with van der Waals surface area (Å²) in [4.78, 5) is 4.92. The van der Waals surface area contributed by atoms with Crippen molar-refractivity contribution in [3.63, 3.8) is 0 Å². The Morgan fingerprint density at radius 3 is 2.53 bits per heavy atom. The van der Waals surface area contributed by atoms with Gasteiger partial charge in [-0.1, -0.05) is 18.6 Å². The van der Waals surface area contributed by atoms with Crippen molar-refractivity contribution in [3.8, 4) is 0 Å². The highest BCUT2D eigenvalue weighted by atomic mass is 15.2. The van der Waals surface area contributed by atoms with Crippen LogP contribution in [-0.2, 0) is 0 Å². The molecule has 0 aromatic carbocycles. The number of hydrogen-bond acceptors (Lipinski definition) is 3. The minimum absolute atomic E-state index is 1.06. The van der Waals surface area contributed by atoms with Gasteiger partial charge < -0.3 is 15.1 Å². The lowest BCUT2D eigenvalue weighted by Crippen LogP contribution is -2.37. The second-order valence-corrected chi connectivity index (χ2v) is 4.92. The Labute approximate surface area is 105 Å². The van der Waals surface area contributed by atoms with Crippen molar-refractivity contribution in [1.29, 1.82) is 0 Å². The lowest BCUT2D eigenvalue weighted by molar-refractivity contribution is 0.228. The molecule has 0 bridgehead atoms. The average Bonchev–Trinajstić information content (AvgIpc) is 2.41. The smallest absolute Gasteiger partial charge is 0.0357 e. The van der Waals surface area contributed by atoms with Crippen molar-refractivity contribution in [2.75, 3.05) is 45.8 Å². The summed E-state index contributed by atoms with van der Waals surface area (Å²) in [6, 6.07) is 0. The van der Waals surface area contributed by atoms with Gasteiger partial charge in [-0.25, -0.2) is 0 Å². The second-order valence-electron chi connectivity index (χ2n) is 4.92. The van der Waals surface area contributed by atoms with Crippen LogP contribution in [-0.4, -0.2) is 55.6 Å². The highest BCUT2D eigenvalue weighted by Crippen LogP contribution is 2.07. The molecule has 2 aliphatic rings. The van der Waals surface area contributed by atoms with Gasteiger partial charge >= 0.3 is 0 Å². The summed E-state index contributed by atoms with van der Waals surface area (Å²) < 4.78 is 0. The van der Waals surface area contributed by atoms with Gasteiger partial charge in [0.25, 0.3) is 0 Å². The van der Waals surface area contributed by atoms with Crippen molar-refractivity contribution >= 4 is 0 Å². The molecule has 2 heterocycles. The third-order valence-electron chi connectivity index (χ3n) is 3.51. The van der Waals surface area contributed by atoms with E-state index < -0.39 is 0 Å². The maximum Gasteiger partial charge on any atom is 0.0357 e. The first-order chi connectivity index (χ1) is 8.45. The molecule has 0 radical (unpaired) electrons. The van der Waals surface area contributed by atoms with E-state index >= 15 is 0 Å². The van der Waals surface area contributed by atoms with Gasteiger partial charge in [0.05, 0.1) is 0 Å². The van der Waals surface area contributed by atoms with Crippen molar-refractivity contribution in [2.24, 2.45) is 0 Å². The maximum absolute atomic E-state index is 3.54. The average molecular weight is 235 g/mol. The molecule has 0 atom stereocenters. The van der Waals surface area contributed by atoms with Crippen LogP contribution in [0.25, 0.3) is 0 Å². The Morgan fingerprint density at radius 2 is 1.76 bits per heavy atom. The molecule has 0 aromatic heterocycles. The first-order valence-electron chi connectivity index (χ1n) is 6.95. The van der Waals surface area contributed by atoms with Crippen LogP contribution in [0.2, 0.25) is 0 Å². The zero-order chi connectivity index (χ0) is 11.8. The topological polar surface area (TPSA) is 18.5 Å². The molecule has 0 amide bonds. The normalized spacial score (nSPS) is 21.1. The molecule has 3 nitrogen and oxygen atoms in total. The minimum Gasteiger partial charge on any atom is -0.372 e. The molecule has 0 saturated carbocycles. The van der Waals surface area contributed by atoms with E-state index in [4.69, 9.17) is 0 Å². The summed E-state index contributed by atoms with van der Waals surface area (Å²) in [5.74, 6) is 0. The molecular weight excluding hydrogens is 210 g/mol. The highest BCUT2D eigenvalue weighted by molar-refractivity contribution is 5.08. The summed E-state index contributed by atoms with van der Waals surface area (Å²) in [6.07, 6.45) is 12.8. The number of nitrogens with zero attached hydrogens (tertiary/aromatic N) is 2. The zero-order valence-electron chi connectivity index (χ0n) is 10.8. The van der Waals surface area contributed by atoms with Crippen LogP contribution in [0.1, 0.15) is 19.3 Å². The van der Waals surface area contributed by atoms with E-state index in [-0.39, 0.29) is 0 Å². The Kier molecular flexibility index (Phi) is 5.59. The van der Waals surface area contributed by atoms with Crippen LogP contribution in [0.5, 0.6) is 0 Å². The largest absolute Gasteiger partial charge is 0.372 e. The predicted molar refractivity (Wildman–Crippen MR) is 73.0 cm³/mol. The van der Waals surface area contributed by atoms with Crippen molar-refractivity contribution < 1.29 is 0 Å². The van der Waals surface area contributed by atoms with Crippen LogP contribution in [0.15, 0.2) is 24.4 Å². The van der Waals surface area contributed by atoms with Gasteiger partial charge in [0.15, 0.2) is 0 Å². The maximum atomic E-state index is 3.54. The fraction of sp³-hybridized carbons (Fsp3) is 0.714. The van der Waals surface area contributed by atoms with Gasteiger partial charge in [0.1, 0.15) is 0 Å². The molecule has 2 rings (SSSR count). The summed E-state index contributed by atoms with van der Waals surface area (Å²) in [5.41, 5.74) is 0. The van der Waals surface area contributed by atoms with Crippen molar-refractivity contribution in [2.45, 2.75) is 19.3 Å². The molecule has 17 heavy (non-hydrogen) atoms. The zero-order valence-corrected chi connectivity index (χ0v) is 10.8. The third kappa shape index (κ3) is 4.92. The van der Waals surface area contributed by atoms with Crippen LogP contribution < -0.4 is 5.32 Å². The molecular formula is C14H25N3. The Hall–Kier alpha value is -0.800. The van der Waals surface area contributed by atoms with Gasteiger partial charge in [-0.2, -0.15) is 0 Å². The molecule has 0 aliphatic carbocycles. The Balaban J connectivity index is 1.46. The number of nitrogens with one attached hydrogen (secondary N) is 1. The number of allylic oxidation sites excluding steroid dienone is 2. The lowest BCUT2D eigenvalue weighted by Gasteiger charge is -2.26. The van der Waals surface area contributed by atoms with Crippen molar-refractivity contribution in [3.05, 3.63) is 24.4 Å². The summed E-state index contributed by atoms with van der Waals surface area (Å²) in [6.45, 7) is 8.23. The SMILES string of the molecule is C1=CCN(CCNCCN2CCCCC2)C=C1. The summed E-state index contributed by atoms with van der Waals surface area (Å²) in [5, 5.41) is 3.54. The predicted octanol–water partition coefficient (Wildman–Crippen LogP) is 1.45. The van der Waals surface area contributed by atoms with Crippen LogP contribution in [0.3, 0.4) is 0 Å². The van der Waals surface area contributed by atoms with Gasteiger partial charge in [-0.05, 0) is 38.2 Å². The monoisotopic (exact) mass is 235 g/mol. The Bertz CT molecular complexity index is 254. The lowest BCUT2D eigenvalue weighted by atomic mass is 10.1. The molecule has 3 heteroatoms. The van der Waals surface area contributed by atoms with Gasteiger partial charge in [-0.3, -0.25) is 0 Å². The molecule has 1 saturated heterocycles. The summed E-state index contributed by atoms with van der Waals surface area (Å²) in [7, 11) is 0. The summed E-state index contributed by atoms with van der Waals surface area (Å²) >= 11 is 0. The first-order valence-corrected chi connectivity index (χ1v) is 6.95. The van der Waals surface area contributed by atoms with E-state index in [9.17, 15) is 0 Å². The van der Waals surface area contributed by atoms with E-state index in [2.05, 4.69) is 39.5 Å². The van der Waals surface area contributed by atoms with Crippen LogP contribution in [0, 0.1) is 0 Å². The minimum atomic E-state index is 1.06. The number of rotatable bonds is 6. The van der Waals surface area contributed by atoms with Gasteiger partial charge in [0, 0.05) is 32.7 Å². The van der Waals surface area contributed by atoms with E-state index in [1.807, 2.05) is 0 Å². The van der Waals surface area contributed by atoms with Crippen LogP contribution in [0.4, 0.5) is 0 Å². The van der Waals surface area contributed by atoms with Crippen molar-refractivity contribution in [1.82, 2.24) is 15.1 Å². The van der Waals surface area contributed by atoms with E-state index in [1.165, 1.54) is 38.9 Å². The quantitative estimate of drug-likeness (QED) is 0.703. The van der Waals surface area contributed by atoms with Crippen LogP contribution >= 0.6 is 0 Å². The van der Waals surface area contributed by atoms with E-state index in [1.54, 1.807) is 0 Å². The molecule has 0 spiro atoms. The van der Waals surface area contributed by atoms with E-state index in [0.717, 1.165) is 26.2 Å². The molecule has 96 valence electrons. The van der Waals surface area contributed by atoms with E-state index in [0.29, 0.717) is 0 Å². The molecule has 1 N–H and O–H groups in total. The van der Waals surface area contributed by atoms with Gasteiger partial charge in [0.2, 0.25) is 0 Å². The second kappa shape index (κ2) is 7.51. The third-order valence-corrected chi connectivity index (χ3v) is 3.51. The fourth-order valence-corrected chi connectivity index (χ4v) is 2.44. The molecule has 2 aliphatic heterocycles. The van der Waals surface area contributed by atoms with Gasteiger partial charge in [-0.15, -0.1) is 0 Å². The highest BCUT2D eigenvalue weighted by Gasteiger charge is 2.08. The number of hydrogen-bond donors (Lipinski definition) is 1. The number of likely N-dealkylation sites (tertiary alicyclic amines) is 1. The molecule has 1 fully saturated rings. The fourth-order valence-electron chi connectivity index (χ4n) is 2.44. The number of piperidine rings is 1. The first kappa shape index (κ1) is 12.7.